The fourth-order valence-electron chi connectivity index (χ4n) is 12.4. The number of allylic oxidation sites excluding steroid dienone is 1. The quantitative estimate of drug-likeness (QED) is 0.0235. The van der Waals surface area contributed by atoms with E-state index in [1.807, 2.05) is 6.08 Å². The highest BCUT2D eigenvalue weighted by atomic mass is 16.8. The van der Waals surface area contributed by atoms with Crippen LogP contribution in [0.4, 0.5) is 0 Å². The van der Waals surface area contributed by atoms with E-state index in [1.54, 1.807) is 6.08 Å². The molecule has 3 heterocycles. The molecule has 0 aromatic rings. The van der Waals surface area contributed by atoms with Crippen LogP contribution in [0.15, 0.2) is 12.2 Å². The van der Waals surface area contributed by atoms with Crippen molar-refractivity contribution in [3.63, 3.8) is 0 Å². The zero-order chi connectivity index (χ0) is 66.1. The molecule has 3 aliphatic rings. The molecule has 0 aromatic carbocycles. The van der Waals surface area contributed by atoms with Gasteiger partial charge in [-0.3, -0.25) is 9.59 Å². The molecule has 528 valence electrons. The summed E-state index contributed by atoms with van der Waals surface area (Å²) >= 11 is 0. The molecule has 0 saturated carbocycles. The van der Waals surface area contributed by atoms with Gasteiger partial charge in [-0.1, -0.05) is 231 Å². The SMILES string of the molecule is CCCCCCCCC/C=C/C(O)C(COC1OC(CO)C(OC2OC(CO)C(O)C(OC3(C(=O)O)CC(O)C(NC(C)=O)C(C(O)C(O)CO)O3)C2O)C(O)C1O)NC(=O)CCCCCCCCCCCCCCCCCCCCCCCCCCCCC. The van der Waals surface area contributed by atoms with Crippen LogP contribution in [0.5, 0.6) is 0 Å². The lowest BCUT2D eigenvalue weighted by Gasteiger charge is -2.50. The number of carbonyl (C=O) groups is 3. The fraction of sp³-hybridized carbons (Fsp3) is 0.925. The van der Waals surface area contributed by atoms with Crippen molar-refractivity contribution in [1.82, 2.24) is 10.6 Å². The minimum Gasteiger partial charge on any atom is -0.477 e. The highest BCUT2D eigenvalue weighted by Crippen LogP contribution is 2.39. The van der Waals surface area contributed by atoms with Crippen LogP contribution >= 0.6 is 0 Å². The molecule has 18 unspecified atom stereocenters. The van der Waals surface area contributed by atoms with Crippen molar-refractivity contribution in [2.24, 2.45) is 0 Å². The molecule has 23 heteroatoms. The van der Waals surface area contributed by atoms with Gasteiger partial charge < -0.3 is 100 Å². The average molecular weight is 1290 g/mol. The van der Waals surface area contributed by atoms with Gasteiger partial charge in [-0.15, -0.1) is 0 Å². The summed E-state index contributed by atoms with van der Waals surface area (Å²) in [7, 11) is 0. The Labute approximate surface area is 537 Å². The number of aliphatic carboxylic acids is 1. The summed E-state index contributed by atoms with van der Waals surface area (Å²) < 4.78 is 34.7. The van der Waals surface area contributed by atoms with Crippen LogP contribution in [-0.4, -0.2) is 215 Å². The molecule has 0 aromatic heterocycles. The zero-order valence-corrected chi connectivity index (χ0v) is 55.0. The summed E-state index contributed by atoms with van der Waals surface area (Å²) in [5.74, 6) is -6.14. The molecular formula is C67H124N2O21. The largest absolute Gasteiger partial charge is 0.477 e. The van der Waals surface area contributed by atoms with Crippen molar-refractivity contribution in [2.75, 3.05) is 26.4 Å². The Morgan fingerprint density at radius 1 is 0.578 bits per heavy atom. The highest BCUT2D eigenvalue weighted by Gasteiger charge is 2.60. The first kappa shape index (κ1) is 81.7. The van der Waals surface area contributed by atoms with Crippen molar-refractivity contribution in [1.29, 1.82) is 0 Å². The standard InChI is InChI=1S/C67H124N2O21/c1-4-6-8-10-12-14-15-16-17-18-19-20-21-22-23-24-25-26-27-28-29-30-31-33-35-37-39-41-54(77)69-48(49(74)40-38-36-34-32-13-11-9-7-5-2)46-85-64-59(81)58(80)61(53(45-72)87-64)88-65-60(82)63(57(79)52(44-71)86-65)90-67(66(83)84)42-50(75)55(68-47(3)73)62(89-67)56(78)51(76)43-70/h38,40,48-53,55-65,70-72,74-76,78-82H,4-37,39,41-46H2,1-3H3,(H,68,73)(H,69,77)(H,83,84)/b40-38+. The van der Waals surface area contributed by atoms with E-state index in [1.165, 1.54) is 154 Å². The minimum atomic E-state index is -3.08. The van der Waals surface area contributed by atoms with Crippen molar-refractivity contribution in [3.05, 3.63) is 12.2 Å². The predicted molar refractivity (Wildman–Crippen MR) is 338 cm³/mol. The van der Waals surface area contributed by atoms with Gasteiger partial charge in [0.1, 0.15) is 67.1 Å². The Morgan fingerprint density at radius 2 is 1.03 bits per heavy atom. The third-order valence-electron chi connectivity index (χ3n) is 18.0. The summed E-state index contributed by atoms with van der Waals surface area (Å²) in [5, 5.41) is 136. The van der Waals surface area contributed by atoms with E-state index >= 15 is 0 Å². The lowest BCUT2D eigenvalue weighted by atomic mass is 9.88. The zero-order valence-electron chi connectivity index (χ0n) is 55.0. The lowest BCUT2D eigenvalue weighted by molar-refractivity contribution is -0.386. The Kier molecular flexibility index (Phi) is 43.8. The second-order valence-electron chi connectivity index (χ2n) is 25.8. The van der Waals surface area contributed by atoms with Gasteiger partial charge in [0, 0.05) is 19.8 Å². The van der Waals surface area contributed by atoms with Gasteiger partial charge in [-0.05, 0) is 19.3 Å². The molecular weight excluding hydrogens is 1170 g/mol. The lowest BCUT2D eigenvalue weighted by Crippen LogP contribution is -2.70. The first-order valence-corrected chi connectivity index (χ1v) is 35.1. The monoisotopic (exact) mass is 1290 g/mol. The van der Waals surface area contributed by atoms with Gasteiger partial charge in [0.2, 0.25) is 11.8 Å². The van der Waals surface area contributed by atoms with Crippen LogP contribution in [-0.2, 0) is 42.8 Å². The smallest absolute Gasteiger partial charge is 0.364 e. The van der Waals surface area contributed by atoms with Crippen molar-refractivity contribution in [2.45, 2.75) is 368 Å². The Balaban J connectivity index is 1.50. The van der Waals surface area contributed by atoms with Gasteiger partial charge in [0.05, 0.1) is 50.7 Å². The van der Waals surface area contributed by atoms with Crippen molar-refractivity contribution in [3.8, 4) is 0 Å². The third kappa shape index (κ3) is 30.5. The topological polar surface area (TPSA) is 373 Å². The van der Waals surface area contributed by atoms with E-state index in [0.29, 0.717) is 12.8 Å². The maximum absolute atomic E-state index is 13.4. The molecule has 23 nitrogen and oxygen atoms in total. The molecule has 18 atom stereocenters. The average Bonchev–Trinajstić information content (AvgIpc) is 0.898. The first-order valence-electron chi connectivity index (χ1n) is 35.1. The van der Waals surface area contributed by atoms with E-state index in [2.05, 4.69) is 24.5 Å². The Bertz CT molecular complexity index is 1870. The molecule has 0 spiro atoms. The summed E-state index contributed by atoms with van der Waals surface area (Å²) in [6.45, 7) is 2.10. The molecule has 0 aliphatic carbocycles. The van der Waals surface area contributed by atoms with E-state index < -0.39 is 155 Å². The number of nitrogens with one attached hydrogen (secondary N) is 2. The van der Waals surface area contributed by atoms with Crippen LogP contribution in [0.3, 0.4) is 0 Å². The fourth-order valence-corrected chi connectivity index (χ4v) is 12.4. The minimum absolute atomic E-state index is 0.204. The molecule has 0 bridgehead atoms. The molecule has 0 radical (unpaired) electrons. The normalized spacial score (nSPS) is 28.6. The van der Waals surface area contributed by atoms with Crippen LogP contribution in [0.25, 0.3) is 0 Å². The van der Waals surface area contributed by atoms with Gasteiger partial charge in [-0.25, -0.2) is 4.79 Å². The van der Waals surface area contributed by atoms with Gasteiger partial charge in [0.25, 0.3) is 5.79 Å². The van der Waals surface area contributed by atoms with Crippen LogP contribution in [0.2, 0.25) is 0 Å². The molecule has 3 fully saturated rings. The van der Waals surface area contributed by atoms with Crippen LogP contribution < -0.4 is 10.6 Å². The number of carboxylic acids is 1. The van der Waals surface area contributed by atoms with E-state index in [-0.39, 0.29) is 12.3 Å². The number of hydrogen-bond acceptors (Lipinski definition) is 20. The third-order valence-corrected chi connectivity index (χ3v) is 18.0. The van der Waals surface area contributed by atoms with Crippen LogP contribution in [0.1, 0.15) is 258 Å². The maximum Gasteiger partial charge on any atom is 0.364 e. The second-order valence-corrected chi connectivity index (χ2v) is 25.8. The number of aliphatic hydroxyl groups excluding tert-OH is 11. The number of unbranched alkanes of at least 4 members (excludes halogenated alkanes) is 33. The predicted octanol–water partition coefficient (Wildman–Crippen LogP) is 6.29. The molecule has 14 N–H and O–H groups in total. The van der Waals surface area contributed by atoms with Gasteiger partial charge >= 0.3 is 5.97 Å². The van der Waals surface area contributed by atoms with Gasteiger partial charge in [-0.2, -0.15) is 0 Å². The number of aliphatic hydroxyl groups is 11. The second kappa shape index (κ2) is 48.2. The number of rotatable bonds is 53. The molecule has 3 aliphatic heterocycles. The van der Waals surface area contributed by atoms with E-state index in [0.717, 1.165) is 64.7 Å². The summed E-state index contributed by atoms with van der Waals surface area (Å²) in [4.78, 5) is 38.4. The number of ether oxygens (including phenoxy) is 6. The summed E-state index contributed by atoms with van der Waals surface area (Å²) in [6, 6.07) is -2.61. The Hall–Kier alpha value is -2.53. The number of carbonyl (C=O) groups excluding carboxylic acids is 2. The summed E-state index contributed by atoms with van der Waals surface area (Å²) in [5.41, 5.74) is 0. The molecule has 90 heavy (non-hydrogen) atoms. The maximum atomic E-state index is 13.4. The number of amides is 2. The van der Waals surface area contributed by atoms with Crippen molar-refractivity contribution >= 4 is 17.8 Å². The van der Waals surface area contributed by atoms with E-state index in [9.17, 15) is 75.7 Å². The van der Waals surface area contributed by atoms with Crippen LogP contribution in [0, 0.1) is 0 Å². The summed E-state index contributed by atoms with van der Waals surface area (Å²) in [6.07, 6.45) is 17.4. The van der Waals surface area contributed by atoms with Gasteiger partial charge in [0.15, 0.2) is 12.6 Å². The number of carboxylic acid groups (broad SMARTS) is 1. The first-order chi connectivity index (χ1) is 43.4. The molecule has 3 saturated heterocycles. The highest BCUT2D eigenvalue weighted by molar-refractivity contribution is 5.77. The Morgan fingerprint density at radius 3 is 1.48 bits per heavy atom. The molecule has 2 amide bonds. The molecule has 3 rings (SSSR count). The van der Waals surface area contributed by atoms with Crippen molar-refractivity contribution < 1.29 is 104 Å². The van der Waals surface area contributed by atoms with E-state index in [4.69, 9.17) is 28.4 Å². The number of hydrogen-bond donors (Lipinski definition) is 14.